The van der Waals surface area contributed by atoms with E-state index < -0.39 is 21.9 Å². The van der Waals surface area contributed by atoms with E-state index in [1.54, 1.807) is 36.4 Å². The van der Waals surface area contributed by atoms with E-state index >= 15 is 0 Å². The van der Waals surface area contributed by atoms with Crippen molar-refractivity contribution in [2.24, 2.45) is 0 Å². The van der Waals surface area contributed by atoms with Gasteiger partial charge in [0.05, 0.1) is 25.5 Å². The molecule has 192 valence electrons. The first kappa shape index (κ1) is 25.7. The fraction of sp³-hybridized carbons (Fsp3) is 0.154. The molecule has 0 fully saturated rings. The SMILES string of the molecule is COc1cc2nccc(Oc3ccc(NC(=O)NS(=O)(=O)Cc4cccc(C)c4)cc3F)c2cc1OC. The third-order valence-electron chi connectivity index (χ3n) is 5.30. The van der Waals surface area contributed by atoms with Crippen LogP contribution >= 0.6 is 0 Å². The zero-order valence-electron chi connectivity index (χ0n) is 20.2. The predicted octanol–water partition coefficient (Wildman–Crippen LogP) is 5.14. The van der Waals surface area contributed by atoms with Crippen molar-refractivity contribution in [3.8, 4) is 23.0 Å². The van der Waals surface area contributed by atoms with Crippen LogP contribution in [0.25, 0.3) is 10.9 Å². The van der Waals surface area contributed by atoms with Crippen LogP contribution in [0.1, 0.15) is 11.1 Å². The number of halogens is 1. The summed E-state index contributed by atoms with van der Waals surface area (Å²) in [6.07, 6.45) is 1.51. The molecule has 1 aromatic heterocycles. The van der Waals surface area contributed by atoms with Gasteiger partial charge in [-0.1, -0.05) is 29.8 Å². The van der Waals surface area contributed by atoms with Gasteiger partial charge in [-0.05, 0) is 36.8 Å². The van der Waals surface area contributed by atoms with Crippen molar-refractivity contribution in [2.75, 3.05) is 19.5 Å². The second-order valence-electron chi connectivity index (χ2n) is 8.09. The molecule has 0 saturated carbocycles. The predicted molar refractivity (Wildman–Crippen MR) is 137 cm³/mol. The molecule has 0 atom stereocenters. The van der Waals surface area contributed by atoms with Crippen LogP contribution in [0.5, 0.6) is 23.0 Å². The number of ether oxygens (including phenoxy) is 3. The number of sulfonamides is 1. The number of nitrogens with one attached hydrogen (secondary N) is 2. The molecule has 0 spiro atoms. The summed E-state index contributed by atoms with van der Waals surface area (Å²) >= 11 is 0. The summed E-state index contributed by atoms with van der Waals surface area (Å²) in [4.78, 5) is 16.5. The van der Waals surface area contributed by atoms with Crippen molar-refractivity contribution in [3.05, 3.63) is 83.8 Å². The molecule has 0 aliphatic carbocycles. The molecule has 1 heterocycles. The van der Waals surface area contributed by atoms with E-state index in [1.165, 1.54) is 32.5 Å². The number of anilines is 1. The Morgan fingerprint density at radius 1 is 0.946 bits per heavy atom. The fourth-order valence-electron chi connectivity index (χ4n) is 3.67. The molecule has 37 heavy (non-hydrogen) atoms. The van der Waals surface area contributed by atoms with Gasteiger partial charge in [-0.25, -0.2) is 22.3 Å². The number of carbonyl (C=O) groups excluding carboxylic acids is 1. The number of nitrogens with zero attached hydrogens (tertiary/aromatic N) is 1. The van der Waals surface area contributed by atoms with Crippen LogP contribution < -0.4 is 24.2 Å². The molecule has 11 heteroatoms. The van der Waals surface area contributed by atoms with Crippen molar-refractivity contribution in [1.82, 2.24) is 9.71 Å². The standard InChI is InChI=1S/C26H24FN3O6S/c1-16-5-4-6-17(11-16)15-37(32,33)30-26(31)29-18-7-8-23(20(27)12-18)36-22-9-10-28-21-14-25(35-3)24(34-2)13-19(21)22/h4-14H,15H2,1-3H3,(H2,29,30,31). The molecule has 0 unspecified atom stereocenters. The Morgan fingerprint density at radius 3 is 2.41 bits per heavy atom. The number of hydrogen-bond acceptors (Lipinski definition) is 7. The number of carbonyl (C=O) groups is 1. The lowest BCUT2D eigenvalue weighted by Gasteiger charge is -2.13. The van der Waals surface area contributed by atoms with Gasteiger partial charge in [0.1, 0.15) is 5.75 Å². The second-order valence-corrected chi connectivity index (χ2v) is 9.81. The van der Waals surface area contributed by atoms with Gasteiger partial charge < -0.3 is 19.5 Å². The highest BCUT2D eigenvalue weighted by Crippen LogP contribution is 2.37. The van der Waals surface area contributed by atoms with Crippen LogP contribution in [0.2, 0.25) is 0 Å². The van der Waals surface area contributed by atoms with Gasteiger partial charge >= 0.3 is 6.03 Å². The van der Waals surface area contributed by atoms with E-state index in [-0.39, 0.29) is 17.2 Å². The van der Waals surface area contributed by atoms with Crippen LogP contribution in [0.4, 0.5) is 14.9 Å². The first-order valence-corrected chi connectivity index (χ1v) is 12.7. The Bertz CT molecular complexity index is 1580. The van der Waals surface area contributed by atoms with Gasteiger partial charge in [0.15, 0.2) is 23.1 Å². The number of benzene rings is 3. The van der Waals surface area contributed by atoms with E-state index in [2.05, 4.69) is 10.3 Å². The lowest BCUT2D eigenvalue weighted by Crippen LogP contribution is -2.35. The van der Waals surface area contributed by atoms with E-state index in [0.29, 0.717) is 33.7 Å². The van der Waals surface area contributed by atoms with Crippen LogP contribution in [-0.4, -0.2) is 33.7 Å². The summed E-state index contributed by atoms with van der Waals surface area (Å²) < 4.78 is 57.8. The number of aromatic nitrogens is 1. The molecule has 0 radical (unpaired) electrons. The molecule has 9 nitrogen and oxygen atoms in total. The zero-order chi connectivity index (χ0) is 26.6. The summed E-state index contributed by atoms with van der Waals surface area (Å²) in [6, 6.07) is 14.6. The van der Waals surface area contributed by atoms with Crippen molar-refractivity contribution in [2.45, 2.75) is 12.7 Å². The van der Waals surface area contributed by atoms with Crippen LogP contribution in [0, 0.1) is 12.7 Å². The van der Waals surface area contributed by atoms with Gasteiger partial charge in [-0.15, -0.1) is 0 Å². The first-order valence-electron chi connectivity index (χ1n) is 11.0. The van der Waals surface area contributed by atoms with Crippen molar-refractivity contribution >= 4 is 32.6 Å². The molecule has 2 N–H and O–H groups in total. The molecule has 4 rings (SSSR count). The lowest BCUT2D eigenvalue weighted by atomic mass is 10.2. The van der Waals surface area contributed by atoms with Gasteiger partial charge in [0, 0.05) is 29.4 Å². The Labute approximate surface area is 213 Å². The van der Waals surface area contributed by atoms with E-state index in [1.807, 2.05) is 17.7 Å². The lowest BCUT2D eigenvalue weighted by molar-refractivity contribution is 0.256. The number of amides is 2. The normalized spacial score (nSPS) is 11.1. The molecule has 0 aliphatic heterocycles. The molecular formula is C26H24FN3O6S. The summed E-state index contributed by atoms with van der Waals surface area (Å²) in [5.41, 5.74) is 2.03. The first-order chi connectivity index (χ1) is 17.7. The average Bonchev–Trinajstić information content (AvgIpc) is 2.84. The number of urea groups is 1. The summed E-state index contributed by atoms with van der Waals surface area (Å²) in [6.45, 7) is 1.84. The number of rotatable bonds is 8. The third kappa shape index (κ3) is 6.25. The zero-order valence-corrected chi connectivity index (χ0v) is 21.1. The highest BCUT2D eigenvalue weighted by atomic mass is 32.2. The topological polar surface area (TPSA) is 116 Å². The maximum atomic E-state index is 14.8. The van der Waals surface area contributed by atoms with Crippen molar-refractivity contribution in [1.29, 1.82) is 0 Å². The second kappa shape index (κ2) is 10.7. The van der Waals surface area contributed by atoms with Crippen LogP contribution in [-0.2, 0) is 15.8 Å². The summed E-state index contributed by atoms with van der Waals surface area (Å²) in [5, 5.41) is 2.89. The molecule has 2 amide bonds. The molecule has 3 aromatic carbocycles. The monoisotopic (exact) mass is 525 g/mol. The Hall–Kier alpha value is -4.38. The Balaban J connectivity index is 1.47. The minimum absolute atomic E-state index is 0.0408. The molecule has 0 saturated heterocycles. The minimum Gasteiger partial charge on any atom is -0.493 e. The fourth-order valence-corrected chi connectivity index (χ4v) is 4.70. The Kier molecular flexibility index (Phi) is 7.44. The highest BCUT2D eigenvalue weighted by Gasteiger charge is 2.17. The van der Waals surface area contributed by atoms with E-state index in [0.717, 1.165) is 11.6 Å². The number of hydrogen-bond donors (Lipinski definition) is 2. The van der Waals surface area contributed by atoms with Gasteiger partial charge in [-0.2, -0.15) is 0 Å². The van der Waals surface area contributed by atoms with Crippen molar-refractivity contribution in [3.63, 3.8) is 0 Å². The Morgan fingerprint density at radius 2 is 1.70 bits per heavy atom. The average molecular weight is 526 g/mol. The molecule has 0 bridgehead atoms. The summed E-state index contributed by atoms with van der Waals surface area (Å²) in [7, 11) is -0.962. The molecular weight excluding hydrogens is 501 g/mol. The number of aryl methyl sites for hydroxylation is 1. The summed E-state index contributed by atoms with van der Waals surface area (Å²) in [5.74, 6) is 0.00755. The number of pyridine rings is 1. The van der Waals surface area contributed by atoms with Gasteiger partial charge in [0.25, 0.3) is 0 Å². The smallest absolute Gasteiger partial charge is 0.332 e. The quantitative estimate of drug-likeness (QED) is 0.327. The van der Waals surface area contributed by atoms with E-state index in [9.17, 15) is 17.6 Å². The van der Waals surface area contributed by atoms with Crippen molar-refractivity contribution < 1.29 is 31.8 Å². The maximum absolute atomic E-state index is 14.8. The van der Waals surface area contributed by atoms with Crippen LogP contribution in [0.15, 0.2) is 66.9 Å². The number of fused-ring (bicyclic) bond motifs is 1. The highest BCUT2D eigenvalue weighted by molar-refractivity contribution is 7.89. The van der Waals surface area contributed by atoms with Gasteiger partial charge in [0.2, 0.25) is 10.0 Å². The molecule has 0 aliphatic rings. The van der Waals surface area contributed by atoms with Crippen LogP contribution in [0.3, 0.4) is 0 Å². The maximum Gasteiger partial charge on any atom is 0.332 e. The minimum atomic E-state index is -3.97. The largest absolute Gasteiger partial charge is 0.493 e. The third-order valence-corrected chi connectivity index (χ3v) is 6.51. The van der Waals surface area contributed by atoms with E-state index in [4.69, 9.17) is 14.2 Å². The molecule has 4 aromatic rings. The number of methoxy groups -OCH3 is 2. The van der Waals surface area contributed by atoms with Gasteiger partial charge in [-0.3, -0.25) is 4.98 Å².